The second-order valence-electron chi connectivity index (χ2n) is 5.57. The second-order valence-corrected chi connectivity index (χ2v) is 5.57. The van der Waals surface area contributed by atoms with Crippen molar-refractivity contribution in [2.24, 2.45) is 0 Å². The molecule has 0 aliphatic rings. The first-order chi connectivity index (χ1) is 13.4. The number of ether oxygens (including phenoxy) is 3. The molecule has 0 aliphatic heterocycles. The lowest BCUT2D eigenvalue weighted by Crippen LogP contribution is -1.98. The Labute approximate surface area is 156 Å². The van der Waals surface area contributed by atoms with Gasteiger partial charge in [0.1, 0.15) is 17.2 Å². The molecule has 4 rings (SSSR count). The molecule has 0 amide bonds. The van der Waals surface area contributed by atoms with Crippen LogP contribution in [0.2, 0.25) is 0 Å². The van der Waals surface area contributed by atoms with E-state index >= 15 is 0 Å². The summed E-state index contributed by atoms with van der Waals surface area (Å²) in [6.45, 7) is 0. The van der Waals surface area contributed by atoms with Gasteiger partial charge in [0.2, 0.25) is 5.75 Å². The molecule has 0 spiro atoms. The van der Waals surface area contributed by atoms with Crippen LogP contribution in [0.4, 0.5) is 0 Å². The molecule has 5 nitrogen and oxygen atoms in total. The Morgan fingerprint density at radius 3 is 1.56 bits per heavy atom. The van der Waals surface area contributed by atoms with Gasteiger partial charge in [0.15, 0.2) is 0 Å². The van der Waals surface area contributed by atoms with Crippen LogP contribution >= 0.6 is 0 Å². The fraction of sp³-hybridized carbons (Fsp3) is 0. The van der Waals surface area contributed by atoms with Crippen molar-refractivity contribution in [2.45, 2.75) is 0 Å². The van der Waals surface area contributed by atoms with Crippen LogP contribution < -0.4 is 14.2 Å². The summed E-state index contributed by atoms with van der Waals surface area (Å²) in [5.74, 6) is 2.60. The van der Waals surface area contributed by atoms with Gasteiger partial charge in [-0.2, -0.15) is 9.97 Å². The van der Waals surface area contributed by atoms with Crippen LogP contribution in [0.1, 0.15) is 0 Å². The van der Waals surface area contributed by atoms with Crippen LogP contribution in [0.25, 0.3) is 0 Å². The van der Waals surface area contributed by atoms with Gasteiger partial charge >= 0.3 is 6.01 Å². The fourth-order valence-electron chi connectivity index (χ4n) is 2.34. The molecule has 1 heterocycles. The monoisotopic (exact) mass is 356 g/mol. The minimum Gasteiger partial charge on any atom is -0.450 e. The number of aromatic nitrogens is 2. The first-order valence-electron chi connectivity index (χ1n) is 8.42. The summed E-state index contributed by atoms with van der Waals surface area (Å²) < 4.78 is 17.5. The number of para-hydroxylation sites is 3. The van der Waals surface area contributed by atoms with Crippen molar-refractivity contribution in [3.05, 3.63) is 97.2 Å². The van der Waals surface area contributed by atoms with Crippen LogP contribution in [0.3, 0.4) is 0 Å². The van der Waals surface area contributed by atoms with E-state index in [4.69, 9.17) is 14.2 Å². The molecule has 132 valence electrons. The molecule has 0 atom stereocenters. The maximum Gasteiger partial charge on any atom is 0.325 e. The minimum atomic E-state index is 0.174. The lowest BCUT2D eigenvalue weighted by molar-refractivity contribution is 0.378. The molecule has 0 bridgehead atoms. The van der Waals surface area contributed by atoms with E-state index in [2.05, 4.69) is 9.97 Å². The number of rotatable bonds is 6. The molecule has 0 N–H and O–H groups in total. The normalized spacial score (nSPS) is 10.2. The zero-order chi connectivity index (χ0) is 18.3. The Bertz CT molecular complexity index is 994. The van der Waals surface area contributed by atoms with Crippen LogP contribution in [0, 0.1) is 0 Å². The summed E-state index contributed by atoms with van der Waals surface area (Å²) >= 11 is 0. The van der Waals surface area contributed by atoms with Gasteiger partial charge in [-0.05, 0) is 36.4 Å². The van der Waals surface area contributed by atoms with Crippen LogP contribution in [-0.2, 0) is 0 Å². The fourth-order valence-corrected chi connectivity index (χ4v) is 2.34. The molecule has 0 saturated carbocycles. The maximum atomic E-state index is 5.90. The maximum absolute atomic E-state index is 5.90. The molecule has 27 heavy (non-hydrogen) atoms. The summed E-state index contributed by atoms with van der Waals surface area (Å²) in [6.07, 6.45) is 1.54. The predicted octanol–water partition coefficient (Wildman–Crippen LogP) is 5.85. The van der Waals surface area contributed by atoms with Crippen LogP contribution in [0.15, 0.2) is 97.2 Å². The van der Waals surface area contributed by atoms with Gasteiger partial charge in [-0.3, -0.25) is 0 Å². The third kappa shape index (κ3) is 4.41. The van der Waals surface area contributed by atoms with Gasteiger partial charge in [-0.25, -0.2) is 0 Å². The molecule has 4 aromatic rings. The topological polar surface area (TPSA) is 53.5 Å². The quantitative estimate of drug-likeness (QED) is 0.433. The molecular weight excluding hydrogens is 340 g/mol. The van der Waals surface area contributed by atoms with E-state index in [9.17, 15) is 0 Å². The third-order valence-corrected chi connectivity index (χ3v) is 3.58. The van der Waals surface area contributed by atoms with Gasteiger partial charge in [-0.15, -0.1) is 0 Å². The molecule has 1 aromatic heterocycles. The second kappa shape index (κ2) is 8.01. The zero-order valence-electron chi connectivity index (χ0n) is 14.4. The van der Waals surface area contributed by atoms with Crippen LogP contribution in [-0.4, -0.2) is 9.97 Å². The molecule has 0 unspecified atom stereocenters. The molecule has 3 aromatic carbocycles. The van der Waals surface area contributed by atoms with E-state index in [-0.39, 0.29) is 11.9 Å². The highest BCUT2D eigenvalue weighted by Crippen LogP contribution is 2.34. The van der Waals surface area contributed by atoms with Crippen molar-refractivity contribution in [3.63, 3.8) is 0 Å². The first kappa shape index (κ1) is 16.6. The molecule has 0 aliphatic carbocycles. The molecular formula is C22H16N2O3. The van der Waals surface area contributed by atoms with E-state index in [0.717, 1.165) is 0 Å². The highest BCUT2D eigenvalue weighted by atomic mass is 16.5. The molecule has 0 fully saturated rings. The van der Waals surface area contributed by atoms with E-state index in [1.54, 1.807) is 0 Å². The third-order valence-electron chi connectivity index (χ3n) is 3.58. The zero-order valence-corrected chi connectivity index (χ0v) is 14.4. The lowest BCUT2D eigenvalue weighted by Gasteiger charge is -2.12. The average molecular weight is 356 g/mol. The number of hydrogen-bond acceptors (Lipinski definition) is 5. The molecule has 5 heteroatoms. The predicted molar refractivity (Wildman–Crippen MR) is 102 cm³/mol. The van der Waals surface area contributed by atoms with Crippen molar-refractivity contribution >= 4 is 0 Å². The van der Waals surface area contributed by atoms with Gasteiger partial charge < -0.3 is 14.2 Å². The standard InChI is InChI=1S/C22H16N2O3/c1-4-10-17(11-5-1)25-20-16-23-22(27-19-14-8-3-9-15-19)24-21(20)26-18-12-6-2-7-13-18/h1-16H. The van der Waals surface area contributed by atoms with E-state index in [0.29, 0.717) is 23.0 Å². The Morgan fingerprint density at radius 2 is 1.00 bits per heavy atom. The van der Waals surface area contributed by atoms with Gasteiger partial charge in [0.25, 0.3) is 5.88 Å². The van der Waals surface area contributed by atoms with E-state index in [1.807, 2.05) is 91.0 Å². The summed E-state index contributed by atoms with van der Waals surface area (Å²) in [5.41, 5.74) is 0. The first-order valence-corrected chi connectivity index (χ1v) is 8.42. The van der Waals surface area contributed by atoms with Crippen molar-refractivity contribution in [1.82, 2.24) is 9.97 Å². The Hall–Kier alpha value is -3.86. The Morgan fingerprint density at radius 1 is 0.519 bits per heavy atom. The smallest absolute Gasteiger partial charge is 0.325 e. The Balaban J connectivity index is 1.65. The number of hydrogen-bond donors (Lipinski definition) is 0. The summed E-state index contributed by atoms with van der Waals surface area (Å²) in [4.78, 5) is 8.61. The molecule has 0 radical (unpaired) electrons. The van der Waals surface area contributed by atoms with Gasteiger partial charge in [-0.1, -0.05) is 54.6 Å². The highest BCUT2D eigenvalue weighted by molar-refractivity contribution is 5.40. The number of benzene rings is 3. The SMILES string of the molecule is c1ccc(Oc2ncc(Oc3ccccc3)c(Oc3ccccc3)n2)cc1. The largest absolute Gasteiger partial charge is 0.450 e. The number of nitrogens with zero attached hydrogens (tertiary/aromatic N) is 2. The van der Waals surface area contributed by atoms with Gasteiger partial charge in [0.05, 0.1) is 6.20 Å². The van der Waals surface area contributed by atoms with Crippen molar-refractivity contribution in [1.29, 1.82) is 0 Å². The minimum absolute atomic E-state index is 0.174. The summed E-state index contributed by atoms with van der Waals surface area (Å²) in [5, 5.41) is 0. The van der Waals surface area contributed by atoms with E-state index < -0.39 is 0 Å². The highest BCUT2D eigenvalue weighted by Gasteiger charge is 2.14. The van der Waals surface area contributed by atoms with E-state index in [1.165, 1.54) is 6.20 Å². The Kier molecular flexibility index (Phi) is 4.93. The van der Waals surface area contributed by atoms with Crippen molar-refractivity contribution < 1.29 is 14.2 Å². The average Bonchev–Trinajstić information content (AvgIpc) is 2.72. The molecule has 0 saturated heterocycles. The van der Waals surface area contributed by atoms with Crippen LogP contribution in [0.5, 0.6) is 34.9 Å². The van der Waals surface area contributed by atoms with Crippen molar-refractivity contribution in [2.75, 3.05) is 0 Å². The summed E-state index contributed by atoms with van der Waals surface area (Å²) in [7, 11) is 0. The van der Waals surface area contributed by atoms with Gasteiger partial charge in [0, 0.05) is 0 Å². The lowest BCUT2D eigenvalue weighted by atomic mass is 10.3. The van der Waals surface area contributed by atoms with Crippen molar-refractivity contribution in [3.8, 4) is 34.9 Å². The summed E-state index contributed by atoms with van der Waals surface area (Å²) in [6, 6.07) is 28.3.